The number of aliphatic imine (C=N–C) groups is 1. The lowest BCUT2D eigenvalue weighted by Crippen LogP contribution is -2.54. The first-order valence-corrected chi connectivity index (χ1v) is 12.2. The van der Waals surface area contributed by atoms with Crippen LogP contribution < -0.4 is 38.9 Å². The quantitative estimate of drug-likeness (QED) is 0.0613. The molecule has 0 saturated carbocycles. The first-order chi connectivity index (χ1) is 18.5. The maximum atomic E-state index is 13.0. The van der Waals surface area contributed by atoms with Crippen LogP contribution in [0.3, 0.4) is 0 Å². The summed E-state index contributed by atoms with van der Waals surface area (Å²) in [7, 11) is 0. The zero-order chi connectivity index (χ0) is 28.9. The molecule has 0 spiro atoms. The summed E-state index contributed by atoms with van der Waals surface area (Å²) in [5.74, 6) is -4.24. The first-order valence-electron chi connectivity index (χ1n) is 12.2. The SMILES string of the molecule is NC(=O)CCC(NC(=O)CNC(=O)C(N)CCCN=C(N)N)C(=O)NC(Cc1c[nH]c2ccccc12)C(=O)O. The minimum atomic E-state index is -1.32. The lowest BCUT2D eigenvalue weighted by atomic mass is 10.0. The summed E-state index contributed by atoms with van der Waals surface area (Å²) in [5.41, 5.74) is 22.9. The van der Waals surface area contributed by atoms with Crippen LogP contribution in [-0.2, 0) is 30.4 Å². The fraction of sp³-hybridized carbons (Fsp3) is 0.417. The van der Waals surface area contributed by atoms with Gasteiger partial charge in [-0.1, -0.05) is 18.2 Å². The maximum absolute atomic E-state index is 13.0. The number of hydrogen-bond donors (Lipinski definition) is 9. The normalized spacial score (nSPS) is 13.1. The Hall–Kier alpha value is -4.66. The summed E-state index contributed by atoms with van der Waals surface area (Å²) in [6.45, 7) is -0.212. The number of benzene rings is 1. The van der Waals surface area contributed by atoms with Crippen LogP contribution in [0.15, 0.2) is 35.5 Å². The number of aliphatic carboxylic acids is 1. The Morgan fingerprint density at radius 1 is 0.974 bits per heavy atom. The van der Waals surface area contributed by atoms with E-state index in [0.29, 0.717) is 12.0 Å². The number of carbonyl (C=O) groups excluding carboxylic acids is 4. The summed E-state index contributed by atoms with van der Waals surface area (Å²) in [6.07, 6.45) is 1.92. The molecule has 212 valence electrons. The van der Waals surface area contributed by atoms with E-state index >= 15 is 0 Å². The molecule has 1 heterocycles. The molecule has 0 radical (unpaired) electrons. The van der Waals surface area contributed by atoms with Crippen LogP contribution in [0, 0.1) is 0 Å². The highest BCUT2D eigenvalue weighted by atomic mass is 16.4. The van der Waals surface area contributed by atoms with E-state index in [-0.39, 0.29) is 38.2 Å². The van der Waals surface area contributed by atoms with E-state index in [1.54, 1.807) is 6.20 Å². The molecule has 0 saturated heterocycles. The number of H-pyrrole nitrogens is 1. The summed E-state index contributed by atoms with van der Waals surface area (Å²) in [6, 6.07) is 3.78. The molecule has 3 unspecified atom stereocenters. The second-order valence-electron chi connectivity index (χ2n) is 8.86. The van der Waals surface area contributed by atoms with Crippen LogP contribution >= 0.6 is 0 Å². The Balaban J connectivity index is 1.97. The number of hydrogen-bond acceptors (Lipinski definition) is 7. The summed E-state index contributed by atoms with van der Waals surface area (Å²) < 4.78 is 0. The van der Waals surface area contributed by atoms with Gasteiger partial charge in [0, 0.05) is 36.5 Å². The number of primary amides is 1. The number of para-hydroxylation sites is 1. The molecule has 0 aliphatic carbocycles. The van der Waals surface area contributed by atoms with Crippen LogP contribution in [0.4, 0.5) is 0 Å². The van der Waals surface area contributed by atoms with Gasteiger partial charge >= 0.3 is 5.97 Å². The lowest BCUT2D eigenvalue weighted by molar-refractivity contribution is -0.142. The van der Waals surface area contributed by atoms with Gasteiger partial charge in [-0.3, -0.25) is 24.2 Å². The van der Waals surface area contributed by atoms with Gasteiger partial charge in [0.05, 0.1) is 12.6 Å². The van der Waals surface area contributed by atoms with Crippen LogP contribution in [0.1, 0.15) is 31.2 Å². The van der Waals surface area contributed by atoms with Gasteiger partial charge < -0.3 is 49.0 Å². The molecule has 0 aliphatic rings. The highest BCUT2D eigenvalue weighted by molar-refractivity contribution is 5.93. The molecule has 15 nitrogen and oxygen atoms in total. The van der Waals surface area contributed by atoms with E-state index in [1.807, 2.05) is 24.3 Å². The number of nitrogens with zero attached hydrogens (tertiary/aromatic N) is 1. The predicted molar refractivity (Wildman–Crippen MR) is 143 cm³/mol. The highest BCUT2D eigenvalue weighted by Crippen LogP contribution is 2.19. The second-order valence-corrected chi connectivity index (χ2v) is 8.86. The third-order valence-corrected chi connectivity index (χ3v) is 5.77. The summed E-state index contributed by atoms with van der Waals surface area (Å²) in [5, 5.41) is 17.7. The van der Waals surface area contributed by atoms with Crippen LogP contribution in [0.2, 0.25) is 0 Å². The van der Waals surface area contributed by atoms with Crippen molar-refractivity contribution in [3.63, 3.8) is 0 Å². The van der Waals surface area contributed by atoms with Crippen LogP contribution in [0.5, 0.6) is 0 Å². The van der Waals surface area contributed by atoms with Crippen molar-refractivity contribution in [2.45, 2.75) is 50.2 Å². The molecule has 0 fully saturated rings. The van der Waals surface area contributed by atoms with Crippen LogP contribution in [0.25, 0.3) is 10.9 Å². The van der Waals surface area contributed by atoms with Crippen molar-refractivity contribution in [3.8, 4) is 0 Å². The summed E-state index contributed by atoms with van der Waals surface area (Å²) >= 11 is 0. The Labute approximate surface area is 224 Å². The summed E-state index contributed by atoms with van der Waals surface area (Å²) in [4.78, 5) is 67.6. The number of nitrogens with two attached hydrogens (primary N) is 4. The number of fused-ring (bicyclic) bond motifs is 1. The van der Waals surface area contributed by atoms with Gasteiger partial charge in [0.2, 0.25) is 23.6 Å². The Bertz CT molecular complexity index is 1210. The molecule has 0 aliphatic heterocycles. The Kier molecular flexibility index (Phi) is 11.7. The minimum Gasteiger partial charge on any atom is -0.480 e. The van der Waals surface area contributed by atoms with E-state index in [1.165, 1.54) is 0 Å². The molecule has 0 bridgehead atoms. The molecule has 4 amide bonds. The largest absolute Gasteiger partial charge is 0.480 e. The van der Waals surface area contributed by atoms with Crippen molar-refractivity contribution in [1.82, 2.24) is 20.9 Å². The topological polar surface area (TPSA) is 274 Å². The molecule has 3 atom stereocenters. The van der Waals surface area contributed by atoms with Gasteiger partial charge in [-0.25, -0.2) is 4.79 Å². The third kappa shape index (κ3) is 10.3. The van der Waals surface area contributed by atoms with Gasteiger partial charge in [0.25, 0.3) is 0 Å². The van der Waals surface area contributed by atoms with Crippen molar-refractivity contribution in [2.24, 2.45) is 27.9 Å². The van der Waals surface area contributed by atoms with E-state index in [4.69, 9.17) is 22.9 Å². The van der Waals surface area contributed by atoms with Crippen LogP contribution in [-0.4, -0.2) is 76.9 Å². The monoisotopic (exact) mass is 545 g/mol. The van der Waals surface area contributed by atoms with Crippen molar-refractivity contribution >= 4 is 46.5 Å². The predicted octanol–water partition coefficient (Wildman–Crippen LogP) is -2.47. The molecular weight excluding hydrogens is 510 g/mol. The van der Waals surface area contributed by atoms with E-state index in [9.17, 15) is 29.1 Å². The van der Waals surface area contributed by atoms with Crippen molar-refractivity contribution in [3.05, 3.63) is 36.0 Å². The van der Waals surface area contributed by atoms with E-state index in [2.05, 4.69) is 25.9 Å². The number of carboxylic acid groups (broad SMARTS) is 1. The molecule has 13 N–H and O–H groups in total. The second kappa shape index (κ2) is 14.9. The van der Waals surface area contributed by atoms with Gasteiger partial charge in [0.15, 0.2) is 5.96 Å². The Morgan fingerprint density at radius 3 is 2.36 bits per heavy atom. The number of aromatic nitrogens is 1. The fourth-order valence-electron chi connectivity index (χ4n) is 3.74. The Morgan fingerprint density at radius 2 is 1.69 bits per heavy atom. The number of aromatic amines is 1. The lowest BCUT2D eigenvalue weighted by Gasteiger charge is -2.21. The third-order valence-electron chi connectivity index (χ3n) is 5.77. The standard InChI is InChI=1S/C24H35N9O6/c25-15(5-3-9-29-24(27)28)21(36)31-12-20(35)32-17(7-8-19(26)34)22(37)33-18(23(38)39)10-13-11-30-16-6-2-1-4-14(13)16/h1-2,4,6,11,15,17-18,30H,3,5,7-10,12,25H2,(H2,26,34)(H,31,36)(H,32,35)(H,33,37)(H,38,39)(H4,27,28,29). The molecule has 2 rings (SSSR count). The highest BCUT2D eigenvalue weighted by Gasteiger charge is 2.28. The zero-order valence-electron chi connectivity index (χ0n) is 21.3. The molecular formula is C24H35N9O6. The number of rotatable bonds is 16. The van der Waals surface area contributed by atoms with Crippen molar-refractivity contribution in [1.29, 1.82) is 0 Å². The number of nitrogens with one attached hydrogen (secondary N) is 4. The first kappa shape index (κ1) is 30.6. The van der Waals surface area contributed by atoms with Gasteiger partial charge in [-0.15, -0.1) is 0 Å². The molecule has 1 aromatic heterocycles. The average Bonchev–Trinajstić information content (AvgIpc) is 3.29. The van der Waals surface area contributed by atoms with Crippen molar-refractivity contribution in [2.75, 3.05) is 13.1 Å². The van der Waals surface area contributed by atoms with Gasteiger partial charge in [0.1, 0.15) is 12.1 Å². The minimum absolute atomic E-state index is 0.0291. The number of amides is 4. The average molecular weight is 546 g/mol. The molecule has 2 aromatic rings. The van der Waals surface area contributed by atoms with Gasteiger partial charge in [-0.05, 0) is 30.9 Å². The van der Waals surface area contributed by atoms with Gasteiger partial charge in [-0.2, -0.15) is 0 Å². The number of guanidine groups is 1. The molecule has 39 heavy (non-hydrogen) atoms. The number of carbonyl (C=O) groups is 5. The maximum Gasteiger partial charge on any atom is 0.326 e. The molecule has 15 heteroatoms. The van der Waals surface area contributed by atoms with E-state index in [0.717, 1.165) is 10.9 Å². The number of carboxylic acids is 1. The fourth-order valence-corrected chi connectivity index (χ4v) is 3.74. The zero-order valence-corrected chi connectivity index (χ0v) is 21.3. The van der Waals surface area contributed by atoms with Crippen molar-refractivity contribution < 1.29 is 29.1 Å². The van der Waals surface area contributed by atoms with E-state index < -0.39 is 54.3 Å². The molecule has 1 aromatic carbocycles. The smallest absolute Gasteiger partial charge is 0.326 e.